The second-order valence-electron chi connectivity index (χ2n) is 6.68. The van der Waals surface area contributed by atoms with Crippen LogP contribution in [0.1, 0.15) is 5.56 Å². The molecule has 1 aliphatic heterocycles. The molecule has 136 valence electrons. The molecule has 2 aromatic carbocycles. The molecule has 0 bridgehead atoms. The van der Waals surface area contributed by atoms with Crippen LogP contribution in [0.2, 0.25) is 5.02 Å². The summed E-state index contributed by atoms with van der Waals surface area (Å²) in [4.78, 5) is 23.3. The lowest BCUT2D eigenvalue weighted by Gasteiger charge is -2.39. The van der Waals surface area contributed by atoms with Crippen molar-refractivity contribution in [3.8, 4) is 11.3 Å². The Morgan fingerprint density at radius 3 is 2.67 bits per heavy atom. The zero-order valence-corrected chi connectivity index (χ0v) is 15.6. The molecule has 1 aliphatic rings. The van der Waals surface area contributed by atoms with Crippen molar-refractivity contribution in [2.75, 3.05) is 23.3 Å². The number of hydrogen-bond acceptors (Lipinski definition) is 4. The molecule has 0 spiro atoms. The summed E-state index contributed by atoms with van der Waals surface area (Å²) in [5.74, 6) is 0.777. The predicted octanol–water partition coefficient (Wildman–Crippen LogP) is 4.18. The molecule has 3 aromatic rings. The number of benzene rings is 2. The molecular weight excluding hydrogens is 360 g/mol. The summed E-state index contributed by atoms with van der Waals surface area (Å²) in [6.45, 7) is 3.22. The van der Waals surface area contributed by atoms with Gasteiger partial charge in [0.25, 0.3) is 0 Å². The van der Waals surface area contributed by atoms with Crippen molar-refractivity contribution < 1.29 is 4.79 Å². The van der Waals surface area contributed by atoms with Gasteiger partial charge in [0.15, 0.2) is 0 Å². The quantitative estimate of drug-likeness (QED) is 0.739. The van der Waals surface area contributed by atoms with Gasteiger partial charge in [-0.25, -0.2) is 9.97 Å². The van der Waals surface area contributed by atoms with E-state index in [1.54, 1.807) is 12.4 Å². The number of nitrogens with one attached hydrogen (secondary N) is 1. The van der Waals surface area contributed by atoms with E-state index in [0.717, 1.165) is 28.3 Å². The molecule has 6 heteroatoms. The number of halogens is 1. The SMILES string of the molecule is Cc1ccc(Cl)cc1NC(=O)C1CN(c2cc(-c3ccccc3)ncn2)C1. The largest absolute Gasteiger partial charge is 0.355 e. The maximum atomic E-state index is 12.5. The van der Waals surface area contributed by atoms with Gasteiger partial charge in [-0.15, -0.1) is 0 Å². The highest BCUT2D eigenvalue weighted by molar-refractivity contribution is 6.31. The van der Waals surface area contributed by atoms with Crippen molar-refractivity contribution in [3.05, 3.63) is 71.5 Å². The van der Waals surface area contributed by atoms with Crippen molar-refractivity contribution in [2.45, 2.75) is 6.92 Å². The van der Waals surface area contributed by atoms with Gasteiger partial charge in [-0.1, -0.05) is 48.0 Å². The lowest BCUT2D eigenvalue weighted by molar-refractivity contribution is -0.120. The van der Waals surface area contributed by atoms with Crippen LogP contribution in [-0.2, 0) is 4.79 Å². The molecule has 27 heavy (non-hydrogen) atoms. The fraction of sp³-hybridized carbons (Fsp3) is 0.190. The summed E-state index contributed by atoms with van der Waals surface area (Å²) < 4.78 is 0. The number of carbonyl (C=O) groups excluding carboxylic acids is 1. The highest BCUT2D eigenvalue weighted by Crippen LogP contribution is 2.27. The molecule has 5 nitrogen and oxygen atoms in total. The minimum absolute atomic E-state index is 0.00829. The second kappa shape index (κ2) is 7.37. The van der Waals surface area contributed by atoms with Gasteiger partial charge in [0.2, 0.25) is 5.91 Å². The standard InChI is InChI=1S/C21H19ClN4O/c1-14-7-8-17(22)9-18(14)25-21(27)16-11-26(12-16)20-10-19(23-13-24-20)15-5-3-2-4-6-15/h2-10,13,16H,11-12H2,1H3,(H,25,27). The van der Waals surface area contributed by atoms with E-state index in [-0.39, 0.29) is 11.8 Å². The Hall–Kier alpha value is -2.92. The number of rotatable bonds is 4. The first-order chi connectivity index (χ1) is 13.1. The average Bonchev–Trinajstić information content (AvgIpc) is 2.64. The van der Waals surface area contributed by atoms with Crippen molar-refractivity contribution in [3.63, 3.8) is 0 Å². The number of aromatic nitrogens is 2. The normalized spacial score (nSPS) is 13.9. The minimum atomic E-state index is -0.0708. The first-order valence-electron chi connectivity index (χ1n) is 8.79. The lowest BCUT2D eigenvalue weighted by atomic mass is 9.98. The van der Waals surface area contributed by atoms with Gasteiger partial charge in [-0.3, -0.25) is 4.79 Å². The zero-order valence-electron chi connectivity index (χ0n) is 14.9. The molecule has 0 atom stereocenters. The first-order valence-corrected chi connectivity index (χ1v) is 9.17. The van der Waals surface area contributed by atoms with Crippen molar-refractivity contribution in [1.82, 2.24) is 9.97 Å². The molecular formula is C21H19ClN4O. The highest BCUT2D eigenvalue weighted by Gasteiger charge is 2.33. The topological polar surface area (TPSA) is 58.1 Å². The minimum Gasteiger partial charge on any atom is -0.355 e. The molecule has 1 fully saturated rings. The van der Waals surface area contributed by atoms with E-state index < -0.39 is 0 Å². The molecule has 0 radical (unpaired) electrons. The average molecular weight is 379 g/mol. The third-order valence-corrected chi connectivity index (χ3v) is 4.99. The number of aryl methyl sites for hydroxylation is 1. The van der Waals surface area contributed by atoms with Crippen LogP contribution in [-0.4, -0.2) is 29.0 Å². The van der Waals surface area contributed by atoms with Crippen LogP contribution in [0.4, 0.5) is 11.5 Å². The summed E-state index contributed by atoms with van der Waals surface area (Å²) in [6.07, 6.45) is 1.57. The summed E-state index contributed by atoms with van der Waals surface area (Å²) in [5, 5.41) is 3.59. The lowest BCUT2D eigenvalue weighted by Crippen LogP contribution is -2.52. The maximum absolute atomic E-state index is 12.5. The Balaban J connectivity index is 1.41. The maximum Gasteiger partial charge on any atom is 0.231 e. The van der Waals surface area contributed by atoms with E-state index in [2.05, 4.69) is 20.2 Å². The van der Waals surface area contributed by atoms with Gasteiger partial charge in [0.05, 0.1) is 11.6 Å². The number of anilines is 2. The molecule has 1 amide bonds. The Morgan fingerprint density at radius 2 is 1.89 bits per heavy atom. The fourth-order valence-electron chi connectivity index (χ4n) is 3.08. The van der Waals surface area contributed by atoms with Crippen molar-refractivity contribution in [2.24, 2.45) is 5.92 Å². The van der Waals surface area contributed by atoms with Crippen LogP contribution >= 0.6 is 11.6 Å². The van der Waals surface area contributed by atoms with E-state index in [1.165, 1.54) is 0 Å². The second-order valence-corrected chi connectivity index (χ2v) is 7.11. The molecule has 1 N–H and O–H groups in total. The third kappa shape index (κ3) is 3.78. The van der Waals surface area contributed by atoms with Crippen LogP contribution in [0, 0.1) is 12.8 Å². The molecule has 0 aliphatic carbocycles. The summed E-state index contributed by atoms with van der Waals surface area (Å²) in [6, 6.07) is 17.4. The van der Waals surface area contributed by atoms with Crippen LogP contribution in [0.5, 0.6) is 0 Å². The van der Waals surface area contributed by atoms with Gasteiger partial charge in [-0.2, -0.15) is 0 Å². The van der Waals surface area contributed by atoms with E-state index >= 15 is 0 Å². The van der Waals surface area contributed by atoms with Gasteiger partial charge in [0, 0.05) is 35.4 Å². The van der Waals surface area contributed by atoms with E-state index in [4.69, 9.17) is 11.6 Å². The van der Waals surface area contributed by atoms with Gasteiger partial charge in [0.1, 0.15) is 12.1 Å². The first kappa shape index (κ1) is 17.5. The Bertz CT molecular complexity index is 971. The van der Waals surface area contributed by atoms with E-state index in [0.29, 0.717) is 18.1 Å². The van der Waals surface area contributed by atoms with Gasteiger partial charge in [-0.05, 0) is 24.6 Å². The fourth-order valence-corrected chi connectivity index (χ4v) is 3.25. The molecule has 1 saturated heterocycles. The Morgan fingerprint density at radius 1 is 1.11 bits per heavy atom. The van der Waals surface area contributed by atoms with E-state index in [1.807, 2.05) is 55.5 Å². The summed E-state index contributed by atoms with van der Waals surface area (Å²) >= 11 is 6.02. The molecule has 1 aromatic heterocycles. The Kier molecular flexibility index (Phi) is 4.77. The zero-order chi connectivity index (χ0) is 18.8. The van der Waals surface area contributed by atoms with Gasteiger partial charge < -0.3 is 10.2 Å². The van der Waals surface area contributed by atoms with Crippen LogP contribution in [0.15, 0.2) is 60.9 Å². The monoisotopic (exact) mass is 378 g/mol. The van der Waals surface area contributed by atoms with Crippen LogP contribution in [0.25, 0.3) is 11.3 Å². The van der Waals surface area contributed by atoms with E-state index in [9.17, 15) is 4.79 Å². The number of nitrogens with zero attached hydrogens (tertiary/aromatic N) is 3. The number of amides is 1. The number of carbonyl (C=O) groups is 1. The molecule has 4 rings (SSSR count). The van der Waals surface area contributed by atoms with Crippen molar-refractivity contribution in [1.29, 1.82) is 0 Å². The smallest absolute Gasteiger partial charge is 0.231 e. The predicted molar refractivity (Wildman–Crippen MR) is 108 cm³/mol. The summed E-state index contributed by atoms with van der Waals surface area (Å²) in [7, 11) is 0. The third-order valence-electron chi connectivity index (χ3n) is 4.76. The molecule has 2 heterocycles. The summed E-state index contributed by atoms with van der Waals surface area (Å²) in [5.41, 5.74) is 3.68. The molecule has 0 saturated carbocycles. The molecule has 0 unspecified atom stereocenters. The van der Waals surface area contributed by atoms with Crippen LogP contribution in [0.3, 0.4) is 0 Å². The number of hydrogen-bond donors (Lipinski definition) is 1. The van der Waals surface area contributed by atoms with Gasteiger partial charge >= 0.3 is 0 Å². The van der Waals surface area contributed by atoms with Crippen LogP contribution < -0.4 is 10.2 Å². The highest BCUT2D eigenvalue weighted by atomic mass is 35.5. The van der Waals surface area contributed by atoms with Crippen molar-refractivity contribution >= 4 is 29.0 Å². The Labute approximate surface area is 163 Å².